The third kappa shape index (κ3) is 3.75. The lowest BCUT2D eigenvalue weighted by molar-refractivity contribution is -0.114. The monoisotopic (exact) mass is 284 g/mol. The summed E-state index contributed by atoms with van der Waals surface area (Å²) < 4.78 is 0. The van der Waals surface area contributed by atoms with Crippen LogP contribution in [-0.2, 0) is 11.3 Å². The van der Waals surface area contributed by atoms with Crippen LogP contribution in [0.5, 0.6) is 5.75 Å². The van der Waals surface area contributed by atoms with Gasteiger partial charge >= 0.3 is 0 Å². The summed E-state index contributed by atoms with van der Waals surface area (Å²) in [5.74, 6) is 0.218. The number of aromatic hydroxyl groups is 1. The average molecular weight is 284 g/mol. The van der Waals surface area contributed by atoms with E-state index in [1.807, 2.05) is 44.2 Å². The zero-order valence-corrected chi connectivity index (χ0v) is 12.5. The molecule has 0 aliphatic rings. The Morgan fingerprint density at radius 2 is 1.81 bits per heavy atom. The molecule has 3 N–H and O–H groups in total. The number of anilines is 2. The average Bonchev–Trinajstić information content (AvgIpc) is 2.42. The maximum absolute atomic E-state index is 11.2. The smallest absolute Gasteiger partial charge is 0.221 e. The van der Waals surface area contributed by atoms with Crippen molar-refractivity contribution >= 4 is 17.3 Å². The topological polar surface area (TPSA) is 61.4 Å². The lowest BCUT2D eigenvalue weighted by Gasteiger charge is -2.14. The van der Waals surface area contributed by atoms with Crippen LogP contribution < -0.4 is 10.6 Å². The van der Waals surface area contributed by atoms with E-state index in [9.17, 15) is 9.90 Å². The number of nitrogens with one attached hydrogen (secondary N) is 2. The lowest BCUT2D eigenvalue weighted by Crippen LogP contribution is -2.10. The molecule has 2 aromatic carbocycles. The van der Waals surface area contributed by atoms with E-state index < -0.39 is 0 Å². The molecular weight excluding hydrogens is 264 g/mol. The molecule has 0 atom stereocenters. The van der Waals surface area contributed by atoms with Crippen LogP contribution in [0.3, 0.4) is 0 Å². The van der Waals surface area contributed by atoms with Crippen molar-refractivity contribution in [2.45, 2.75) is 27.3 Å². The number of carbonyl (C=O) groups excluding carboxylic acids is 1. The van der Waals surface area contributed by atoms with E-state index in [0.29, 0.717) is 12.3 Å². The molecule has 1 amide bonds. The van der Waals surface area contributed by atoms with Crippen molar-refractivity contribution < 1.29 is 9.90 Å². The molecule has 0 heterocycles. The first-order valence-electron chi connectivity index (χ1n) is 6.87. The van der Waals surface area contributed by atoms with Gasteiger partial charge in [-0.1, -0.05) is 18.2 Å². The fourth-order valence-corrected chi connectivity index (χ4v) is 2.17. The largest absolute Gasteiger partial charge is 0.508 e. The van der Waals surface area contributed by atoms with E-state index in [2.05, 4.69) is 10.6 Å². The van der Waals surface area contributed by atoms with Crippen molar-refractivity contribution in [3.05, 3.63) is 53.1 Å². The number of aryl methyl sites for hydroxylation is 2. The minimum absolute atomic E-state index is 0.0842. The Hall–Kier alpha value is -2.49. The van der Waals surface area contributed by atoms with Crippen molar-refractivity contribution in [1.29, 1.82) is 0 Å². The van der Waals surface area contributed by atoms with Crippen LogP contribution in [0.4, 0.5) is 11.4 Å². The van der Waals surface area contributed by atoms with Crippen molar-refractivity contribution in [1.82, 2.24) is 0 Å². The Balaban J connectivity index is 2.17. The highest BCUT2D eigenvalue weighted by atomic mass is 16.3. The SMILES string of the molecule is CC(=O)Nc1ccccc1CNc1cc(C)c(O)cc1C. The Morgan fingerprint density at radius 3 is 2.52 bits per heavy atom. The number of amides is 1. The van der Waals surface area contributed by atoms with Gasteiger partial charge in [-0.25, -0.2) is 0 Å². The molecule has 0 bridgehead atoms. The summed E-state index contributed by atoms with van der Waals surface area (Å²) in [6, 6.07) is 11.4. The molecule has 0 aliphatic heterocycles. The molecule has 0 saturated heterocycles. The minimum atomic E-state index is -0.0842. The third-order valence-corrected chi connectivity index (χ3v) is 3.34. The molecule has 0 fully saturated rings. The number of phenols is 1. The van der Waals surface area contributed by atoms with Crippen LogP contribution in [0.25, 0.3) is 0 Å². The first-order valence-corrected chi connectivity index (χ1v) is 6.87. The second-order valence-electron chi connectivity index (χ2n) is 5.15. The zero-order valence-electron chi connectivity index (χ0n) is 12.5. The van der Waals surface area contributed by atoms with Crippen molar-refractivity contribution in [3.8, 4) is 5.75 Å². The standard InChI is InChI=1S/C17H20N2O2/c1-11-9-17(21)12(2)8-16(11)18-10-14-6-4-5-7-15(14)19-13(3)20/h4-9,18,21H,10H2,1-3H3,(H,19,20). The summed E-state index contributed by atoms with van der Waals surface area (Å²) in [5, 5.41) is 15.9. The predicted molar refractivity (Wildman–Crippen MR) is 85.7 cm³/mol. The van der Waals surface area contributed by atoms with Crippen molar-refractivity contribution in [3.63, 3.8) is 0 Å². The van der Waals surface area contributed by atoms with Crippen molar-refractivity contribution in [2.24, 2.45) is 0 Å². The van der Waals surface area contributed by atoms with E-state index in [1.54, 1.807) is 6.07 Å². The number of hydrogen-bond acceptors (Lipinski definition) is 3. The first-order chi connectivity index (χ1) is 9.97. The zero-order chi connectivity index (χ0) is 15.4. The normalized spacial score (nSPS) is 10.2. The van der Waals surface area contributed by atoms with E-state index in [4.69, 9.17) is 0 Å². The van der Waals surface area contributed by atoms with Crippen molar-refractivity contribution in [2.75, 3.05) is 10.6 Å². The highest BCUT2D eigenvalue weighted by molar-refractivity contribution is 5.89. The Labute approximate surface area is 124 Å². The molecule has 110 valence electrons. The summed E-state index contributed by atoms with van der Waals surface area (Å²) in [4.78, 5) is 11.2. The van der Waals surface area contributed by atoms with Gasteiger partial charge in [0.2, 0.25) is 5.91 Å². The molecule has 4 heteroatoms. The van der Waals surface area contributed by atoms with E-state index in [0.717, 1.165) is 28.1 Å². The molecular formula is C17H20N2O2. The van der Waals surface area contributed by atoms with Gasteiger partial charge in [-0.15, -0.1) is 0 Å². The van der Waals surface area contributed by atoms with Gasteiger partial charge in [0.1, 0.15) is 5.75 Å². The molecule has 21 heavy (non-hydrogen) atoms. The van der Waals surface area contributed by atoms with Gasteiger partial charge in [0.05, 0.1) is 0 Å². The fraction of sp³-hybridized carbons (Fsp3) is 0.235. The Bertz CT molecular complexity index is 666. The summed E-state index contributed by atoms with van der Waals surface area (Å²) in [7, 11) is 0. The van der Waals surface area contributed by atoms with Crippen LogP contribution in [0.15, 0.2) is 36.4 Å². The van der Waals surface area contributed by atoms with Crippen LogP contribution in [0.2, 0.25) is 0 Å². The molecule has 2 rings (SSSR count). The van der Waals surface area contributed by atoms with Crippen LogP contribution >= 0.6 is 0 Å². The van der Waals surface area contributed by atoms with Gasteiger partial charge in [-0.2, -0.15) is 0 Å². The summed E-state index contributed by atoms with van der Waals surface area (Å²) in [6.45, 7) is 5.91. The molecule has 0 saturated carbocycles. The number of phenolic OH excluding ortho intramolecular Hbond substituents is 1. The molecule has 0 unspecified atom stereocenters. The Morgan fingerprint density at radius 1 is 1.10 bits per heavy atom. The number of benzene rings is 2. The highest BCUT2D eigenvalue weighted by Gasteiger charge is 2.06. The number of hydrogen-bond donors (Lipinski definition) is 3. The van der Waals surface area contributed by atoms with Crippen LogP contribution in [-0.4, -0.2) is 11.0 Å². The van der Waals surface area contributed by atoms with E-state index >= 15 is 0 Å². The molecule has 0 radical (unpaired) electrons. The van der Waals surface area contributed by atoms with Gasteiger partial charge < -0.3 is 15.7 Å². The summed E-state index contributed by atoms with van der Waals surface area (Å²) in [6.07, 6.45) is 0. The van der Waals surface area contributed by atoms with Gasteiger partial charge in [0.15, 0.2) is 0 Å². The second-order valence-corrected chi connectivity index (χ2v) is 5.15. The molecule has 2 aromatic rings. The van der Waals surface area contributed by atoms with Gasteiger partial charge in [0, 0.05) is 24.8 Å². The van der Waals surface area contributed by atoms with Gasteiger partial charge in [-0.05, 0) is 48.7 Å². The molecule has 0 aliphatic carbocycles. The second kappa shape index (κ2) is 6.31. The third-order valence-electron chi connectivity index (χ3n) is 3.34. The van der Waals surface area contributed by atoms with Gasteiger partial charge in [-0.3, -0.25) is 4.79 Å². The highest BCUT2D eigenvalue weighted by Crippen LogP contribution is 2.26. The number of para-hydroxylation sites is 1. The first kappa shape index (κ1) is 14.9. The molecule has 4 nitrogen and oxygen atoms in total. The van der Waals surface area contributed by atoms with Crippen LogP contribution in [0.1, 0.15) is 23.6 Å². The fourth-order valence-electron chi connectivity index (χ4n) is 2.17. The quantitative estimate of drug-likeness (QED) is 0.752. The van der Waals surface area contributed by atoms with E-state index in [1.165, 1.54) is 6.92 Å². The van der Waals surface area contributed by atoms with E-state index in [-0.39, 0.29) is 5.91 Å². The maximum Gasteiger partial charge on any atom is 0.221 e. The van der Waals surface area contributed by atoms with Crippen LogP contribution in [0, 0.1) is 13.8 Å². The van der Waals surface area contributed by atoms with Gasteiger partial charge in [0.25, 0.3) is 0 Å². The molecule has 0 aromatic heterocycles. The number of carbonyl (C=O) groups is 1. The number of rotatable bonds is 4. The Kier molecular flexibility index (Phi) is 4.48. The summed E-state index contributed by atoms with van der Waals surface area (Å²) in [5.41, 5.74) is 4.61. The summed E-state index contributed by atoms with van der Waals surface area (Å²) >= 11 is 0. The predicted octanol–water partition coefficient (Wildman–Crippen LogP) is 3.58. The maximum atomic E-state index is 11.2. The molecule has 0 spiro atoms. The lowest BCUT2D eigenvalue weighted by atomic mass is 10.1. The minimum Gasteiger partial charge on any atom is -0.508 e.